The molecule has 0 saturated carbocycles. The first-order chi connectivity index (χ1) is 10.8. The van der Waals surface area contributed by atoms with Crippen molar-refractivity contribution in [3.05, 3.63) is 29.6 Å². The van der Waals surface area contributed by atoms with E-state index in [9.17, 15) is 4.39 Å². The van der Waals surface area contributed by atoms with Crippen LogP contribution in [0.2, 0.25) is 0 Å². The van der Waals surface area contributed by atoms with Gasteiger partial charge in [-0.15, -0.1) is 0 Å². The molecule has 1 aromatic carbocycles. The van der Waals surface area contributed by atoms with Crippen molar-refractivity contribution in [2.24, 2.45) is 0 Å². The lowest BCUT2D eigenvalue weighted by atomic mass is 10.1. The maximum Gasteiger partial charge on any atom is 0.147 e. The molecule has 2 heterocycles. The molecule has 1 atom stereocenters. The Bertz CT molecular complexity index is 543. The molecule has 118 valence electrons. The molecule has 2 fully saturated rings. The van der Waals surface area contributed by atoms with Crippen molar-refractivity contribution in [3.8, 4) is 6.07 Å². The molecule has 0 amide bonds. The fourth-order valence-electron chi connectivity index (χ4n) is 3.24. The van der Waals surface area contributed by atoms with Gasteiger partial charge in [0.15, 0.2) is 0 Å². The number of anilines is 1. The van der Waals surface area contributed by atoms with Crippen molar-refractivity contribution in [1.29, 1.82) is 5.26 Å². The number of ether oxygens (including phenoxy) is 1. The van der Waals surface area contributed by atoms with E-state index in [1.54, 1.807) is 12.1 Å². The van der Waals surface area contributed by atoms with Crippen molar-refractivity contribution < 1.29 is 9.13 Å². The molecule has 0 radical (unpaired) electrons. The second-order valence-electron chi connectivity index (χ2n) is 6.05. The Morgan fingerprint density at radius 1 is 1.23 bits per heavy atom. The molecule has 1 aromatic rings. The molecule has 0 aliphatic carbocycles. The molecular weight excluding hydrogens is 281 g/mol. The molecule has 0 spiro atoms. The summed E-state index contributed by atoms with van der Waals surface area (Å²) < 4.78 is 19.9. The second-order valence-corrected chi connectivity index (χ2v) is 6.05. The Balaban J connectivity index is 1.54. The maximum absolute atomic E-state index is 14.1. The standard InChI is InChI=1S/C17H22FN3O/c18-16-11-14(12-19)4-5-17(16)21-8-6-20(7-9-21)13-15-3-1-2-10-22-15/h4-5,11,15H,1-3,6-10,13H2. The van der Waals surface area contributed by atoms with Gasteiger partial charge in [-0.2, -0.15) is 5.26 Å². The highest BCUT2D eigenvalue weighted by Gasteiger charge is 2.23. The van der Waals surface area contributed by atoms with Crippen LogP contribution in [0.15, 0.2) is 18.2 Å². The zero-order valence-electron chi connectivity index (χ0n) is 12.8. The minimum Gasteiger partial charge on any atom is -0.377 e. The van der Waals surface area contributed by atoms with Crippen molar-refractivity contribution in [2.45, 2.75) is 25.4 Å². The smallest absolute Gasteiger partial charge is 0.147 e. The zero-order valence-corrected chi connectivity index (χ0v) is 12.8. The van der Waals surface area contributed by atoms with Crippen LogP contribution in [0.4, 0.5) is 10.1 Å². The van der Waals surface area contributed by atoms with Crippen molar-refractivity contribution in [1.82, 2.24) is 4.90 Å². The Labute approximate surface area is 131 Å². The first kappa shape index (κ1) is 15.3. The third kappa shape index (κ3) is 3.57. The van der Waals surface area contributed by atoms with E-state index in [0.717, 1.165) is 45.8 Å². The van der Waals surface area contributed by atoms with Gasteiger partial charge in [-0.3, -0.25) is 4.90 Å². The van der Waals surface area contributed by atoms with Gasteiger partial charge in [-0.1, -0.05) is 0 Å². The number of hydrogen-bond donors (Lipinski definition) is 0. The van der Waals surface area contributed by atoms with Crippen LogP contribution in [0.3, 0.4) is 0 Å². The number of hydrogen-bond acceptors (Lipinski definition) is 4. The monoisotopic (exact) mass is 303 g/mol. The van der Waals surface area contributed by atoms with Crippen molar-refractivity contribution in [3.63, 3.8) is 0 Å². The van der Waals surface area contributed by atoms with Gasteiger partial charge in [0.1, 0.15) is 5.82 Å². The molecule has 1 unspecified atom stereocenters. The number of nitrogens with zero attached hydrogens (tertiary/aromatic N) is 3. The van der Waals surface area contributed by atoms with Crippen LogP contribution in [-0.2, 0) is 4.74 Å². The Morgan fingerprint density at radius 2 is 2.05 bits per heavy atom. The van der Waals surface area contributed by atoms with E-state index in [0.29, 0.717) is 17.4 Å². The third-order valence-electron chi connectivity index (χ3n) is 4.53. The first-order valence-electron chi connectivity index (χ1n) is 8.05. The van der Waals surface area contributed by atoms with Gasteiger partial charge in [0.05, 0.1) is 23.4 Å². The van der Waals surface area contributed by atoms with E-state index in [-0.39, 0.29) is 5.82 Å². The maximum atomic E-state index is 14.1. The molecule has 3 rings (SSSR count). The number of nitriles is 1. The fourth-order valence-corrected chi connectivity index (χ4v) is 3.24. The highest BCUT2D eigenvalue weighted by molar-refractivity contribution is 5.51. The summed E-state index contributed by atoms with van der Waals surface area (Å²) in [6.07, 6.45) is 3.97. The zero-order chi connectivity index (χ0) is 15.4. The van der Waals surface area contributed by atoms with Crippen molar-refractivity contribution in [2.75, 3.05) is 44.2 Å². The van der Waals surface area contributed by atoms with Gasteiger partial charge in [0.25, 0.3) is 0 Å². The summed E-state index contributed by atoms with van der Waals surface area (Å²) >= 11 is 0. The normalized spacial score (nSPS) is 23.3. The van der Waals surface area contributed by atoms with E-state index < -0.39 is 0 Å². The third-order valence-corrected chi connectivity index (χ3v) is 4.53. The van der Waals surface area contributed by atoms with Crippen LogP contribution in [0.1, 0.15) is 24.8 Å². The van der Waals surface area contributed by atoms with Crippen LogP contribution in [0.5, 0.6) is 0 Å². The van der Waals surface area contributed by atoms with Gasteiger partial charge in [-0.25, -0.2) is 4.39 Å². The minimum atomic E-state index is -0.303. The van der Waals surface area contributed by atoms with E-state index >= 15 is 0 Å². The lowest BCUT2D eigenvalue weighted by Crippen LogP contribution is -2.49. The number of rotatable bonds is 3. The predicted molar refractivity (Wildman–Crippen MR) is 83.4 cm³/mol. The molecular formula is C17H22FN3O. The molecule has 4 nitrogen and oxygen atoms in total. The first-order valence-corrected chi connectivity index (χ1v) is 8.05. The van der Waals surface area contributed by atoms with Crippen LogP contribution < -0.4 is 4.90 Å². The van der Waals surface area contributed by atoms with Gasteiger partial charge in [-0.05, 0) is 37.5 Å². The molecule has 0 N–H and O–H groups in total. The molecule has 0 bridgehead atoms. The van der Waals surface area contributed by atoms with Gasteiger partial charge >= 0.3 is 0 Å². The minimum absolute atomic E-state index is 0.303. The van der Waals surface area contributed by atoms with Gasteiger partial charge in [0.2, 0.25) is 0 Å². The highest BCUT2D eigenvalue weighted by Crippen LogP contribution is 2.22. The summed E-state index contributed by atoms with van der Waals surface area (Å²) in [6, 6.07) is 6.68. The average Bonchev–Trinajstić information content (AvgIpc) is 2.56. The molecule has 2 saturated heterocycles. The Morgan fingerprint density at radius 3 is 2.68 bits per heavy atom. The number of benzene rings is 1. The quantitative estimate of drug-likeness (QED) is 0.859. The second kappa shape index (κ2) is 7.08. The van der Waals surface area contributed by atoms with Gasteiger partial charge < -0.3 is 9.64 Å². The van der Waals surface area contributed by atoms with Crippen LogP contribution >= 0.6 is 0 Å². The topological polar surface area (TPSA) is 39.5 Å². The fraction of sp³-hybridized carbons (Fsp3) is 0.588. The van der Waals surface area contributed by atoms with E-state index in [1.165, 1.54) is 18.9 Å². The van der Waals surface area contributed by atoms with Crippen LogP contribution in [0, 0.1) is 17.1 Å². The summed E-state index contributed by atoms with van der Waals surface area (Å²) in [5.41, 5.74) is 0.974. The summed E-state index contributed by atoms with van der Waals surface area (Å²) in [4.78, 5) is 4.47. The Kier molecular flexibility index (Phi) is 4.91. The van der Waals surface area contributed by atoms with E-state index in [2.05, 4.69) is 9.80 Å². The largest absolute Gasteiger partial charge is 0.377 e. The summed E-state index contributed by atoms with van der Waals surface area (Å²) in [5, 5.41) is 8.80. The number of halogens is 1. The predicted octanol–water partition coefficient (Wildman–Crippen LogP) is 2.39. The van der Waals surface area contributed by atoms with E-state index in [4.69, 9.17) is 10.00 Å². The summed E-state index contributed by atoms with van der Waals surface area (Å²) in [5.74, 6) is -0.303. The summed E-state index contributed by atoms with van der Waals surface area (Å²) in [6.45, 7) is 5.37. The lowest BCUT2D eigenvalue weighted by molar-refractivity contribution is -0.00646. The number of piperazine rings is 1. The lowest BCUT2D eigenvalue weighted by Gasteiger charge is -2.38. The highest BCUT2D eigenvalue weighted by atomic mass is 19.1. The summed E-state index contributed by atoms with van der Waals surface area (Å²) in [7, 11) is 0. The van der Waals surface area contributed by atoms with Gasteiger partial charge in [0, 0.05) is 39.3 Å². The molecule has 22 heavy (non-hydrogen) atoms. The Hall–Kier alpha value is -1.64. The molecule has 2 aliphatic rings. The SMILES string of the molecule is N#Cc1ccc(N2CCN(CC3CCCCO3)CC2)c(F)c1. The average molecular weight is 303 g/mol. The molecule has 0 aromatic heterocycles. The molecule has 5 heteroatoms. The van der Waals surface area contributed by atoms with Crippen molar-refractivity contribution >= 4 is 5.69 Å². The van der Waals surface area contributed by atoms with E-state index in [1.807, 2.05) is 6.07 Å². The van der Waals surface area contributed by atoms with Crippen LogP contribution in [-0.4, -0.2) is 50.3 Å². The molecule has 2 aliphatic heterocycles. The van der Waals surface area contributed by atoms with Crippen LogP contribution in [0.25, 0.3) is 0 Å².